The third-order valence-corrected chi connectivity index (χ3v) is 3.72. The SMILES string of the molecule is COC(=O)C(C)(C)COc1cc(C)c(-c2ccc(N)c(F)c2)cn1. The Bertz CT molecular complexity index is 760. The van der Waals surface area contributed by atoms with Gasteiger partial charge in [0.15, 0.2) is 0 Å². The second-order valence-electron chi connectivity index (χ2n) is 6.24. The van der Waals surface area contributed by atoms with Gasteiger partial charge < -0.3 is 15.2 Å². The van der Waals surface area contributed by atoms with Crippen molar-refractivity contribution >= 4 is 11.7 Å². The summed E-state index contributed by atoms with van der Waals surface area (Å²) in [6.45, 7) is 5.49. The van der Waals surface area contributed by atoms with Gasteiger partial charge in [0.25, 0.3) is 0 Å². The number of aryl methyl sites for hydroxylation is 1. The number of carbonyl (C=O) groups is 1. The zero-order chi connectivity index (χ0) is 17.9. The number of benzene rings is 1. The van der Waals surface area contributed by atoms with Crippen molar-refractivity contribution in [3.8, 4) is 17.0 Å². The molecule has 0 spiro atoms. The van der Waals surface area contributed by atoms with E-state index in [1.165, 1.54) is 19.2 Å². The Morgan fingerprint density at radius 1 is 1.33 bits per heavy atom. The molecule has 24 heavy (non-hydrogen) atoms. The number of halogens is 1. The van der Waals surface area contributed by atoms with Crippen molar-refractivity contribution in [2.75, 3.05) is 19.5 Å². The molecular weight excluding hydrogens is 311 g/mol. The highest BCUT2D eigenvalue weighted by molar-refractivity contribution is 5.76. The molecule has 6 heteroatoms. The molecule has 1 aromatic carbocycles. The first-order valence-corrected chi connectivity index (χ1v) is 7.48. The fourth-order valence-electron chi connectivity index (χ4n) is 2.20. The first kappa shape index (κ1) is 17.7. The largest absolute Gasteiger partial charge is 0.476 e. The highest BCUT2D eigenvalue weighted by Crippen LogP contribution is 2.28. The third-order valence-electron chi connectivity index (χ3n) is 3.72. The van der Waals surface area contributed by atoms with Crippen molar-refractivity contribution in [2.45, 2.75) is 20.8 Å². The lowest BCUT2D eigenvalue weighted by atomic mass is 9.95. The maximum Gasteiger partial charge on any atom is 0.314 e. The van der Waals surface area contributed by atoms with Crippen molar-refractivity contribution in [1.82, 2.24) is 4.98 Å². The topological polar surface area (TPSA) is 74.4 Å². The van der Waals surface area contributed by atoms with E-state index < -0.39 is 11.2 Å². The van der Waals surface area contributed by atoms with E-state index >= 15 is 0 Å². The molecule has 0 fully saturated rings. The van der Waals surface area contributed by atoms with Crippen LogP contribution in [0.15, 0.2) is 30.5 Å². The molecule has 0 aliphatic heterocycles. The molecule has 1 aromatic heterocycles. The Morgan fingerprint density at radius 2 is 2.04 bits per heavy atom. The highest BCUT2D eigenvalue weighted by atomic mass is 19.1. The monoisotopic (exact) mass is 332 g/mol. The summed E-state index contributed by atoms with van der Waals surface area (Å²) in [6, 6.07) is 6.38. The van der Waals surface area contributed by atoms with Crippen LogP contribution in [-0.2, 0) is 9.53 Å². The van der Waals surface area contributed by atoms with Crippen LogP contribution in [0.4, 0.5) is 10.1 Å². The normalized spacial score (nSPS) is 11.2. The van der Waals surface area contributed by atoms with Gasteiger partial charge >= 0.3 is 5.97 Å². The summed E-state index contributed by atoms with van der Waals surface area (Å²) < 4.78 is 24.0. The first-order chi connectivity index (χ1) is 11.2. The van der Waals surface area contributed by atoms with Gasteiger partial charge in [-0.1, -0.05) is 6.07 Å². The Morgan fingerprint density at radius 3 is 2.62 bits per heavy atom. The average molecular weight is 332 g/mol. The fourth-order valence-corrected chi connectivity index (χ4v) is 2.20. The minimum absolute atomic E-state index is 0.106. The second-order valence-corrected chi connectivity index (χ2v) is 6.24. The van der Waals surface area contributed by atoms with Gasteiger partial charge in [-0.3, -0.25) is 4.79 Å². The molecular formula is C18H21FN2O3. The van der Waals surface area contributed by atoms with E-state index in [-0.39, 0.29) is 18.3 Å². The van der Waals surface area contributed by atoms with Crippen molar-refractivity contribution in [3.05, 3.63) is 41.8 Å². The van der Waals surface area contributed by atoms with Gasteiger partial charge in [0.2, 0.25) is 5.88 Å². The lowest BCUT2D eigenvalue weighted by Gasteiger charge is -2.21. The zero-order valence-electron chi connectivity index (χ0n) is 14.2. The summed E-state index contributed by atoms with van der Waals surface area (Å²) in [5.41, 5.74) is 7.18. The van der Waals surface area contributed by atoms with E-state index in [1.54, 1.807) is 32.2 Å². The Hall–Kier alpha value is -2.63. The minimum atomic E-state index is -0.775. The standard InChI is InChI=1S/C18H21FN2O3/c1-11-7-16(24-10-18(2,3)17(22)23-4)21-9-13(11)12-5-6-15(20)14(19)8-12/h5-9H,10,20H2,1-4H3. The Kier molecular flexibility index (Phi) is 5.07. The van der Waals surface area contributed by atoms with Gasteiger partial charge in [-0.15, -0.1) is 0 Å². The molecule has 2 aromatic rings. The molecule has 1 heterocycles. The molecule has 0 amide bonds. The Labute approximate surface area is 140 Å². The summed E-state index contributed by atoms with van der Waals surface area (Å²) >= 11 is 0. The molecule has 0 atom stereocenters. The smallest absolute Gasteiger partial charge is 0.314 e. The van der Waals surface area contributed by atoms with Crippen LogP contribution >= 0.6 is 0 Å². The minimum Gasteiger partial charge on any atom is -0.476 e. The number of ether oxygens (including phenoxy) is 2. The van der Waals surface area contributed by atoms with Gasteiger partial charge in [0.1, 0.15) is 12.4 Å². The molecule has 0 saturated carbocycles. The number of carbonyl (C=O) groups excluding carboxylic acids is 1. The number of nitrogens with zero attached hydrogens (tertiary/aromatic N) is 1. The van der Waals surface area contributed by atoms with Crippen molar-refractivity contribution in [2.24, 2.45) is 5.41 Å². The molecule has 5 nitrogen and oxygen atoms in total. The predicted molar refractivity (Wildman–Crippen MR) is 90.1 cm³/mol. The van der Waals surface area contributed by atoms with Crippen molar-refractivity contribution in [3.63, 3.8) is 0 Å². The van der Waals surface area contributed by atoms with E-state index in [0.717, 1.165) is 11.1 Å². The van der Waals surface area contributed by atoms with Crippen LogP contribution < -0.4 is 10.5 Å². The van der Waals surface area contributed by atoms with Gasteiger partial charge in [-0.05, 0) is 44.0 Å². The van der Waals surface area contributed by atoms with E-state index in [9.17, 15) is 9.18 Å². The molecule has 0 radical (unpaired) electrons. The number of methoxy groups -OCH3 is 1. The zero-order valence-corrected chi connectivity index (χ0v) is 14.2. The second kappa shape index (κ2) is 6.86. The number of aromatic nitrogens is 1. The maximum absolute atomic E-state index is 13.6. The summed E-state index contributed by atoms with van der Waals surface area (Å²) in [5.74, 6) is -0.426. The highest BCUT2D eigenvalue weighted by Gasteiger charge is 2.30. The summed E-state index contributed by atoms with van der Waals surface area (Å²) in [7, 11) is 1.34. The van der Waals surface area contributed by atoms with Crippen LogP contribution in [0, 0.1) is 18.2 Å². The van der Waals surface area contributed by atoms with Gasteiger partial charge in [-0.25, -0.2) is 9.37 Å². The van der Waals surface area contributed by atoms with E-state index in [4.69, 9.17) is 15.2 Å². The molecule has 0 bridgehead atoms. The lowest BCUT2D eigenvalue weighted by Crippen LogP contribution is -2.32. The first-order valence-electron chi connectivity index (χ1n) is 7.48. The van der Waals surface area contributed by atoms with Crippen LogP contribution in [-0.4, -0.2) is 24.7 Å². The summed E-state index contributed by atoms with van der Waals surface area (Å²) in [6.07, 6.45) is 1.61. The number of hydrogen-bond acceptors (Lipinski definition) is 5. The predicted octanol–water partition coefficient (Wildman–Crippen LogP) is 3.36. The van der Waals surface area contributed by atoms with E-state index in [0.29, 0.717) is 11.4 Å². The molecule has 2 rings (SSSR count). The molecule has 0 saturated heterocycles. The average Bonchev–Trinajstić information content (AvgIpc) is 2.55. The number of esters is 1. The number of hydrogen-bond donors (Lipinski definition) is 1. The van der Waals surface area contributed by atoms with Gasteiger partial charge in [0.05, 0.1) is 18.2 Å². The molecule has 0 aliphatic rings. The molecule has 0 unspecified atom stereocenters. The number of nitrogen functional groups attached to an aromatic ring is 1. The lowest BCUT2D eigenvalue weighted by molar-refractivity contribution is -0.152. The van der Waals surface area contributed by atoms with Crippen LogP contribution in [0.3, 0.4) is 0 Å². The van der Waals surface area contributed by atoms with E-state index in [2.05, 4.69) is 4.98 Å². The molecule has 2 N–H and O–H groups in total. The molecule has 0 aliphatic carbocycles. The summed E-state index contributed by atoms with van der Waals surface area (Å²) in [5, 5.41) is 0. The van der Waals surface area contributed by atoms with Gasteiger partial charge in [0, 0.05) is 17.8 Å². The van der Waals surface area contributed by atoms with Crippen LogP contribution in [0.1, 0.15) is 19.4 Å². The van der Waals surface area contributed by atoms with Crippen LogP contribution in [0.5, 0.6) is 5.88 Å². The summed E-state index contributed by atoms with van der Waals surface area (Å²) in [4.78, 5) is 15.9. The van der Waals surface area contributed by atoms with Crippen LogP contribution in [0.25, 0.3) is 11.1 Å². The van der Waals surface area contributed by atoms with Gasteiger partial charge in [-0.2, -0.15) is 0 Å². The van der Waals surface area contributed by atoms with E-state index in [1.807, 2.05) is 6.92 Å². The third kappa shape index (κ3) is 3.82. The number of anilines is 1. The van der Waals surface area contributed by atoms with Crippen molar-refractivity contribution in [1.29, 1.82) is 0 Å². The number of nitrogens with two attached hydrogens (primary N) is 1. The maximum atomic E-state index is 13.6. The molecule has 128 valence electrons. The number of rotatable bonds is 5. The quantitative estimate of drug-likeness (QED) is 0.671. The Balaban J connectivity index is 2.18. The fraction of sp³-hybridized carbons (Fsp3) is 0.333. The van der Waals surface area contributed by atoms with Crippen molar-refractivity contribution < 1.29 is 18.7 Å². The number of pyridine rings is 1. The van der Waals surface area contributed by atoms with Crippen LogP contribution in [0.2, 0.25) is 0 Å².